The average Bonchev–Trinajstić information content (AvgIpc) is 2.71. The molecular weight excluding hydrogens is 434 g/mol. The van der Waals surface area contributed by atoms with E-state index in [9.17, 15) is 37.7 Å². The lowest BCUT2D eigenvalue weighted by Crippen LogP contribution is -2.54. The zero-order valence-corrected chi connectivity index (χ0v) is 17.0. The fourth-order valence-corrected chi connectivity index (χ4v) is 4.36. The van der Waals surface area contributed by atoms with Gasteiger partial charge in [-0.3, -0.25) is 34.0 Å². The van der Waals surface area contributed by atoms with E-state index in [2.05, 4.69) is 4.98 Å². The van der Waals surface area contributed by atoms with E-state index >= 15 is 0 Å². The van der Waals surface area contributed by atoms with Gasteiger partial charge in [-0.1, -0.05) is 0 Å². The number of aryl methyl sites for hydroxylation is 1. The molecule has 3 rings (SSSR count). The van der Waals surface area contributed by atoms with Gasteiger partial charge in [0.15, 0.2) is 0 Å². The third-order valence-electron chi connectivity index (χ3n) is 4.66. The highest BCUT2D eigenvalue weighted by Crippen LogP contribution is 2.21. The highest BCUT2D eigenvalue weighted by molar-refractivity contribution is 7.89. The van der Waals surface area contributed by atoms with Crippen LogP contribution in [-0.2, 0) is 26.2 Å². The maximum absolute atomic E-state index is 12.7. The van der Waals surface area contributed by atoms with E-state index in [0.717, 1.165) is 33.7 Å². The molecule has 0 saturated carbocycles. The number of benzene rings is 1. The Bertz CT molecular complexity index is 1280. The van der Waals surface area contributed by atoms with Gasteiger partial charge in [0.05, 0.1) is 16.4 Å². The lowest BCUT2D eigenvalue weighted by atomic mass is 10.3. The van der Waals surface area contributed by atoms with Crippen LogP contribution in [0.2, 0.25) is 0 Å². The van der Waals surface area contributed by atoms with Gasteiger partial charge in [0.2, 0.25) is 5.91 Å². The van der Waals surface area contributed by atoms with Crippen LogP contribution in [0.3, 0.4) is 0 Å². The van der Waals surface area contributed by atoms with Crippen molar-refractivity contribution < 1.29 is 22.9 Å². The normalized spacial score (nSPS) is 14.5. The molecule has 1 saturated heterocycles. The van der Waals surface area contributed by atoms with E-state index in [1.165, 1.54) is 13.1 Å². The maximum Gasteiger partial charge on any atom is 0.328 e. The van der Waals surface area contributed by atoms with Crippen LogP contribution in [-0.4, -0.2) is 63.5 Å². The van der Waals surface area contributed by atoms with Gasteiger partial charge >= 0.3 is 5.69 Å². The average molecular weight is 451 g/mol. The second kappa shape index (κ2) is 8.14. The fourth-order valence-electron chi connectivity index (χ4n) is 2.97. The summed E-state index contributed by atoms with van der Waals surface area (Å²) < 4.78 is 27.0. The second-order valence-corrected chi connectivity index (χ2v) is 8.60. The lowest BCUT2D eigenvalue weighted by molar-refractivity contribution is -0.384. The minimum Gasteiger partial charge on any atom is -0.330 e. The topological polar surface area (TPSA) is 173 Å². The number of H-pyrrole nitrogens is 1. The summed E-state index contributed by atoms with van der Waals surface area (Å²) in [6.45, 7) is 0.0862. The summed E-state index contributed by atoms with van der Waals surface area (Å²) in [5, 5.41) is 10.7. The number of hydrogen-bond acceptors (Lipinski definition) is 8. The van der Waals surface area contributed by atoms with Crippen LogP contribution in [0.5, 0.6) is 0 Å². The first kappa shape index (κ1) is 21.9. The molecule has 0 spiro atoms. The predicted molar refractivity (Wildman–Crippen MR) is 105 cm³/mol. The standard InChI is InChI=1S/C17H17N5O8S/c1-11-8-20(17(26)18-16(11)25)9-14(23)19-6-7-21(15(24)10-19)31(29,30)13-4-2-12(3-5-13)22(27)28/h2-5,8H,6-7,9-10H2,1H3,(H,18,25,26). The summed E-state index contributed by atoms with van der Waals surface area (Å²) in [6, 6.07) is 4.09. The zero-order valence-electron chi connectivity index (χ0n) is 16.2. The molecule has 2 heterocycles. The van der Waals surface area contributed by atoms with E-state index in [1.54, 1.807) is 0 Å². The van der Waals surface area contributed by atoms with E-state index in [1.807, 2.05) is 0 Å². The first-order valence-corrected chi connectivity index (χ1v) is 10.3. The van der Waals surface area contributed by atoms with Gasteiger partial charge < -0.3 is 4.90 Å². The Labute approximate surface area is 174 Å². The first-order chi connectivity index (χ1) is 14.5. The minimum absolute atomic E-state index is 0.103. The molecule has 1 fully saturated rings. The van der Waals surface area contributed by atoms with Crippen LogP contribution < -0.4 is 11.2 Å². The molecule has 1 aliphatic rings. The molecule has 1 aromatic carbocycles. The molecule has 13 nitrogen and oxygen atoms in total. The molecule has 31 heavy (non-hydrogen) atoms. The molecule has 2 aromatic rings. The van der Waals surface area contributed by atoms with E-state index < -0.39 is 51.1 Å². The molecule has 0 bridgehead atoms. The summed E-state index contributed by atoms with van der Waals surface area (Å²) in [6.07, 6.45) is 1.22. The number of hydrogen-bond donors (Lipinski definition) is 1. The number of carbonyl (C=O) groups excluding carboxylic acids is 2. The largest absolute Gasteiger partial charge is 0.330 e. The number of nitrogens with zero attached hydrogens (tertiary/aromatic N) is 4. The number of sulfonamides is 1. The number of rotatable bonds is 5. The van der Waals surface area contributed by atoms with Crippen LogP contribution in [0.15, 0.2) is 44.9 Å². The quantitative estimate of drug-likeness (QED) is 0.436. The van der Waals surface area contributed by atoms with Crippen LogP contribution >= 0.6 is 0 Å². The molecule has 1 aromatic heterocycles. The first-order valence-electron chi connectivity index (χ1n) is 8.89. The second-order valence-electron chi connectivity index (χ2n) is 6.74. The monoisotopic (exact) mass is 451 g/mol. The number of nitro groups is 1. The Morgan fingerprint density at radius 3 is 2.39 bits per heavy atom. The van der Waals surface area contributed by atoms with Crippen molar-refractivity contribution in [2.75, 3.05) is 19.6 Å². The molecule has 1 N–H and O–H groups in total. The zero-order chi connectivity index (χ0) is 22.9. The Hall–Kier alpha value is -3.81. The highest BCUT2D eigenvalue weighted by Gasteiger charge is 2.35. The molecule has 0 aliphatic carbocycles. The van der Waals surface area contributed by atoms with Crippen molar-refractivity contribution in [1.82, 2.24) is 18.8 Å². The van der Waals surface area contributed by atoms with Crippen LogP contribution in [0.25, 0.3) is 0 Å². The van der Waals surface area contributed by atoms with Crippen LogP contribution in [0.4, 0.5) is 5.69 Å². The molecule has 2 amide bonds. The summed E-state index contributed by atoms with van der Waals surface area (Å²) in [4.78, 5) is 61.1. The van der Waals surface area contributed by atoms with Crippen LogP contribution in [0.1, 0.15) is 5.56 Å². The highest BCUT2D eigenvalue weighted by atomic mass is 32.2. The van der Waals surface area contributed by atoms with Crippen molar-refractivity contribution in [1.29, 1.82) is 0 Å². The summed E-state index contributed by atoms with van der Waals surface area (Å²) in [5.41, 5.74) is -1.43. The molecule has 1 aliphatic heterocycles. The minimum atomic E-state index is -4.25. The third kappa shape index (κ3) is 4.37. The number of piperazine rings is 1. The van der Waals surface area contributed by atoms with Gasteiger partial charge in [-0.2, -0.15) is 0 Å². The molecule has 0 atom stereocenters. The maximum atomic E-state index is 12.7. The Balaban J connectivity index is 1.73. The van der Waals surface area contributed by atoms with Gasteiger partial charge in [-0.05, 0) is 19.1 Å². The van der Waals surface area contributed by atoms with Gasteiger partial charge in [0.1, 0.15) is 13.1 Å². The van der Waals surface area contributed by atoms with Crippen molar-refractivity contribution in [3.63, 3.8) is 0 Å². The molecule has 14 heteroatoms. The Morgan fingerprint density at radius 2 is 1.81 bits per heavy atom. The summed E-state index contributed by atoms with van der Waals surface area (Å²) >= 11 is 0. The molecule has 0 radical (unpaired) electrons. The van der Waals surface area contributed by atoms with Crippen molar-refractivity contribution in [3.05, 3.63) is 67.0 Å². The van der Waals surface area contributed by atoms with Crippen molar-refractivity contribution in [2.45, 2.75) is 18.4 Å². The van der Waals surface area contributed by atoms with Gasteiger partial charge in [0.25, 0.3) is 27.2 Å². The Morgan fingerprint density at radius 1 is 1.16 bits per heavy atom. The number of nitro benzene ring substituents is 1. The van der Waals surface area contributed by atoms with Crippen molar-refractivity contribution >= 4 is 27.5 Å². The summed E-state index contributed by atoms with van der Waals surface area (Å²) in [5.74, 6) is -1.46. The molecule has 0 unspecified atom stereocenters. The third-order valence-corrected chi connectivity index (χ3v) is 6.49. The Kier molecular flexibility index (Phi) is 5.75. The number of nitrogens with one attached hydrogen (secondary N) is 1. The molecule has 164 valence electrons. The summed E-state index contributed by atoms with van der Waals surface area (Å²) in [7, 11) is -4.25. The van der Waals surface area contributed by atoms with Gasteiger partial charge in [-0.15, -0.1) is 0 Å². The smallest absolute Gasteiger partial charge is 0.328 e. The fraction of sp³-hybridized carbons (Fsp3) is 0.294. The number of amides is 2. The van der Waals surface area contributed by atoms with E-state index in [0.29, 0.717) is 4.31 Å². The predicted octanol–water partition coefficient (Wildman–Crippen LogP) is -1.19. The molecular formula is C17H17N5O8S. The van der Waals surface area contributed by atoms with Crippen LogP contribution in [0, 0.1) is 17.0 Å². The van der Waals surface area contributed by atoms with Gasteiger partial charge in [0, 0.05) is 30.4 Å². The number of aromatic amines is 1. The number of carbonyl (C=O) groups is 2. The lowest BCUT2D eigenvalue weighted by Gasteiger charge is -2.33. The van der Waals surface area contributed by atoms with E-state index in [-0.39, 0.29) is 29.2 Å². The number of non-ortho nitro benzene ring substituents is 1. The van der Waals surface area contributed by atoms with Crippen molar-refractivity contribution in [3.8, 4) is 0 Å². The van der Waals surface area contributed by atoms with Crippen molar-refractivity contribution in [2.24, 2.45) is 0 Å². The van der Waals surface area contributed by atoms with Gasteiger partial charge in [-0.25, -0.2) is 17.5 Å². The number of aromatic nitrogens is 2. The SMILES string of the molecule is Cc1cn(CC(=O)N2CCN(S(=O)(=O)c3ccc([N+](=O)[O-])cc3)C(=O)C2)c(=O)[nH]c1=O. The van der Waals surface area contributed by atoms with E-state index in [4.69, 9.17) is 0 Å².